The van der Waals surface area contributed by atoms with E-state index in [0.717, 1.165) is 12.8 Å². The summed E-state index contributed by atoms with van der Waals surface area (Å²) in [5, 5.41) is 3.16. The van der Waals surface area contributed by atoms with Gasteiger partial charge in [0.1, 0.15) is 0 Å². The zero-order valence-corrected chi connectivity index (χ0v) is 14.5. The number of benzene rings is 1. The zero-order chi connectivity index (χ0) is 15.7. The molecule has 1 aromatic carbocycles. The van der Waals surface area contributed by atoms with Crippen molar-refractivity contribution in [3.8, 4) is 5.75 Å². The van der Waals surface area contributed by atoms with Crippen molar-refractivity contribution in [2.75, 3.05) is 7.05 Å². The van der Waals surface area contributed by atoms with Crippen molar-refractivity contribution in [1.82, 2.24) is 9.99 Å². The van der Waals surface area contributed by atoms with Crippen LogP contribution in [0.3, 0.4) is 0 Å². The van der Waals surface area contributed by atoms with E-state index in [0.29, 0.717) is 5.75 Å². The van der Waals surface area contributed by atoms with Gasteiger partial charge >= 0.3 is 8.18 Å². The van der Waals surface area contributed by atoms with Gasteiger partial charge in [0, 0.05) is 15.6 Å². The fraction of sp³-hybridized carbons (Fsp3) is 0.625. The van der Waals surface area contributed by atoms with Crippen LogP contribution in [-0.4, -0.2) is 29.1 Å². The quantitative estimate of drug-likeness (QED) is 0.855. The largest absolute Gasteiger partial charge is 0.663 e. The summed E-state index contributed by atoms with van der Waals surface area (Å²) in [5.74, 6) is 0.637. The van der Waals surface area contributed by atoms with Gasteiger partial charge in [0.25, 0.3) is 0 Å². The number of hydrogen-bond donors (Lipinski definition) is 1. The first-order chi connectivity index (χ1) is 9.71. The van der Waals surface area contributed by atoms with Crippen LogP contribution < -0.4 is 9.61 Å². The lowest BCUT2D eigenvalue weighted by Gasteiger charge is -2.52. The minimum Gasteiger partial charge on any atom is -0.296 e. The molecule has 1 N–H and O–H groups in total. The summed E-state index contributed by atoms with van der Waals surface area (Å²) in [4.78, 5) is 2.41. The Morgan fingerprint density at radius 3 is 2.19 bits per heavy atom. The first-order valence-corrected chi connectivity index (χ1v) is 8.59. The summed E-state index contributed by atoms with van der Waals surface area (Å²) in [6.45, 7) is 8.92. The molecule has 1 fully saturated rings. The van der Waals surface area contributed by atoms with E-state index in [1.54, 1.807) is 0 Å². The average Bonchev–Trinajstić information content (AvgIpc) is 2.36. The van der Waals surface area contributed by atoms with Gasteiger partial charge in [-0.15, -0.1) is 0 Å². The molecule has 1 saturated heterocycles. The van der Waals surface area contributed by atoms with E-state index < -0.39 is 8.18 Å². The van der Waals surface area contributed by atoms with Gasteiger partial charge in [-0.25, -0.2) is 4.52 Å². The second kappa shape index (κ2) is 6.04. The predicted octanol–water partition coefficient (Wildman–Crippen LogP) is 3.96. The molecule has 1 atom stereocenters. The highest BCUT2D eigenvalue weighted by Gasteiger charge is 2.45. The molecule has 1 aliphatic heterocycles. The highest BCUT2D eigenvalue weighted by Crippen LogP contribution is 2.38. The van der Waals surface area contributed by atoms with Crippen molar-refractivity contribution in [3.05, 3.63) is 30.3 Å². The van der Waals surface area contributed by atoms with E-state index in [2.05, 4.69) is 44.7 Å². The Balaban J connectivity index is 1.98. The molecule has 4 nitrogen and oxygen atoms in total. The van der Waals surface area contributed by atoms with Crippen LogP contribution in [0.15, 0.2) is 30.3 Å². The van der Waals surface area contributed by atoms with Crippen LogP contribution in [0.4, 0.5) is 0 Å². The number of hydrogen-bond acceptors (Lipinski definition) is 3. The van der Waals surface area contributed by atoms with Gasteiger partial charge in [-0.1, -0.05) is 23.3 Å². The average molecular weight is 309 g/mol. The Labute approximate surface area is 128 Å². The standard InChI is InChI=1S/C16H26N2O2P/c1-15(2)11-13(12-16(3,4)18(15)5)17-21(19)20-14-9-7-6-8-10-14/h6-10,13H,11-12H2,1-5H3,(H,17,19)/q+1. The summed E-state index contributed by atoms with van der Waals surface area (Å²) >= 11 is 0. The van der Waals surface area contributed by atoms with Gasteiger partial charge in [-0.05, 0) is 59.7 Å². The fourth-order valence-corrected chi connectivity index (χ4v) is 4.06. The lowest BCUT2D eigenvalue weighted by Crippen LogP contribution is -2.61. The van der Waals surface area contributed by atoms with Gasteiger partial charge in [0.05, 0.1) is 6.04 Å². The van der Waals surface area contributed by atoms with Crippen LogP contribution >= 0.6 is 8.18 Å². The molecule has 2 rings (SSSR count). The van der Waals surface area contributed by atoms with E-state index >= 15 is 0 Å². The highest BCUT2D eigenvalue weighted by atomic mass is 31.1. The maximum absolute atomic E-state index is 12.2. The Hall–Kier alpha value is -0.960. The Bertz CT molecular complexity index is 484. The fourth-order valence-electron chi connectivity index (χ4n) is 3.22. The molecule has 0 aliphatic carbocycles. The Morgan fingerprint density at radius 2 is 1.67 bits per heavy atom. The van der Waals surface area contributed by atoms with Crippen LogP contribution in [0.25, 0.3) is 0 Å². The summed E-state index contributed by atoms with van der Waals surface area (Å²) in [6.07, 6.45) is 1.90. The lowest BCUT2D eigenvalue weighted by atomic mass is 9.78. The summed E-state index contributed by atoms with van der Waals surface area (Å²) in [5.41, 5.74) is 0.144. The van der Waals surface area contributed by atoms with Crippen LogP contribution in [0.2, 0.25) is 0 Å². The summed E-state index contributed by atoms with van der Waals surface area (Å²) in [7, 11) is 0.268. The molecule has 0 amide bonds. The molecule has 0 bridgehead atoms. The van der Waals surface area contributed by atoms with Crippen molar-refractivity contribution >= 4 is 8.18 Å². The summed E-state index contributed by atoms with van der Waals surface area (Å²) < 4.78 is 17.7. The minimum absolute atomic E-state index is 0.0718. The summed E-state index contributed by atoms with van der Waals surface area (Å²) in [6, 6.07) is 9.49. The van der Waals surface area contributed by atoms with E-state index in [1.807, 2.05) is 30.3 Å². The molecular formula is C16H26N2O2P+. The SMILES string of the molecule is CN1C(C)(C)CC(N[P+](=O)Oc2ccccc2)CC1(C)C. The second-order valence-corrected chi connectivity index (χ2v) is 8.03. The van der Waals surface area contributed by atoms with Gasteiger partial charge < -0.3 is 0 Å². The number of para-hydroxylation sites is 1. The maximum Gasteiger partial charge on any atom is 0.663 e. The molecular weight excluding hydrogens is 283 g/mol. The van der Waals surface area contributed by atoms with Crippen LogP contribution in [0.5, 0.6) is 5.75 Å². The molecule has 1 aromatic rings. The molecule has 1 heterocycles. The monoisotopic (exact) mass is 309 g/mol. The molecule has 1 unspecified atom stereocenters. The normalized spacial score (nSPS) is 22.8. The molecule has 5 heteroatoms. The number of rotatable bonds is 4. The van der Waals surface area contributed by atoms with Crippen molar-refractivity contribution in [2.24, 2.45) is 0 Å². The van der Waals surface area contributed by atoms with Crippen molar-refractivity contribution in [2.45, 2.75) is 57.7 Å². The topological polar surface area (TPSA) is 41.6 Å². The minimum atomic E-state index is -1.90. The molecule has 0 radical (unpaired) electrons. The van der Waals surface area contributed by atoms with Gasteiger partial charge in [0.15, 0.2) is 5.75 Å². The first-order valence-electron chi connectivity index (χ1n) is 7.41. The van der Waals surface area contributed by atoms with Crippen LogP contribution in [0.1, 0.15) is 40.5 Å². The maximum atomic E-state index is 12.2. The van der Waals surface area contributed by atoms with E-state index in [9.17, 15) is 4.57 Å². The molecule has 0 aromatic heterocycles. The number of likely N-dealkylation sites (tertiary alicyclic amines) is 1. The van der Waals surface area contributed by atoms with E-state index in [1.165, 1.54) is 0 Å². The van der Waals surface area contributed by atoms with Crippen LogP contribution in [-0.2, 0) is 4.57 Å². The van der Waals surface area contributed by atoms with Gasteiger partial charge in [-0.3, -0.25) is 4.90 Å². The van der Waals surface area contributed by atoms with Crippen molar-refractivity contribution < 1.29 is 9.09 Å². The second-order valence-electron chi connectivity index (χ2n) is 7.08. The number of nitrogens with one attached hydrogen (secondary N) is 1. The third-order valence-electron chi connectivity index (χ3n) is 4.53. The molecule has 21 heavy (non-hydrogen) atoms. The molecule has 0 spiro atoms. The highest BCUT2D eigenvalue weighted by molar-refractivity contribution is 7.37. The number of piperidine rings is 1. The smallest absolute Gasteiger partial charge is 0.296 e. The molecule has 116 valence electrons. The van der Waals surface area contributed by atoms with E-state index in [-0.39, 0.29) is 17.1 Å². The Morgan fingerprint density at radius 1 is 1.14 bits per heavy atom. The lowest BCUT2D eigenvalue weighted by molar-refractivity contribution is -0.0142. The van der Waals surface area contributed by atoms with Crippen molar-refractivity contribution in [3.63, 3.8) is 0 Å². The van der Waals surface area contributed by atoms with Crippen LogP contribution in [0, 0.1) is 0 Å². The number of nitrogens with zero attached hydrogens (tertiary/aromatic N) is 1. The van der Waals surface area contributed by atoms with E-state index in [4.69, 9.17) is 4.52 Å². The molecule has 0 saturated carbocycles. The first kappa shape index (κ1) is 16.4. The van der Waals surface area contributed by atoms with Crippen molar-refractivity contribution in [1.29, 1.82) is 0 Å². The zero-order valence-electron chi connectivity index (χ0n) is 13.6. The third-order valence-corrected chi connectivity index (χ3v) is 5.48. The Kier molecular flexibility index (Phi) is 4.72. The van der Waals surface area contributed by atoms with Gasteiger partial charge in [-0.2, -0.15) is 0 Å². The van der Waals surface area contributed by atoms with Gasteiger partial charge in [0.2, 0.25) is 0 Å². The predicted molar refractivity (Wildman–Crippen MR) is 86.8 cm³/mol. The molecule has 1 aliphatic rings. The third kappa shape index (κ3) is 4.03.